The zero-order valence-electron chi connectivity index (χ0n) is 16.1. The molecule has 10 heteroatoms. The van der Waals surface area contributed by atoms with E-state index in [2.05, 4.69) is 19.2 Å². The number of amides is 1. The summed E-state index contributed by atoms with van der Waals surface area (Å²) in [4.78, 5) is 27.3. The van der Waals surface area contributed by atoms with Crippen molar-refractivity contribution in [1.82, 2.24) is 5.32 Å². The highest BCUT2D eigenvalue weighted by Gasteiger charge is 2.45. The zero-order valence-corrected chi connectivity index (χ0v) is 17.0. The van der Waals surface area contributed by atoms with Crippen LogP contribution in [0.2, 0.25) is 0 Å². The summed E-state index contributed by atoms with van der Waals surface area (Å²) in [5, 5.41) is 2.62. The van der Waals surface area contributed by atoms with Crippen LogP contribution in [0.25, 0.3) is 5.53 Å². The highest BCUT2D eigenvalue weighted by atomic mass is 31.2. The van der Waals surface area contributed by atoms with Gasteiger partial charge in [-0.2, -0.15) is 4.79 Å². The monoisotopic (exact) mass is 377 g/mol. The van der Waals surface area contributed by atoms with Gasteiger partial charge in [0.2, 0.25) is 0 Å². The molecule has 0 aromatic rings. The Labute approximate surface area is 148 Å². The lowest BCUT2D eigenvalue weighted by Gasteiger charge is -2.31. The van der Waals surface area contributed by atoms with E-state index in [1.165, 1.54) is 0 Å². The van der Waals surface area contributed by atoms with Crippen LogP contribution in [0.15, 0.2) is 0 Å². The third-order valence-electron chi connectivity index (χ3n) is 3.21. The van der Waals surface area contributed by atoms with Crippen molar-refractivity contribution < 1.29 is 32.7 Å². The van der Waals surface area contributed by atoms with Gasteiger partial charge >= 0.3 is 19.1 Å². The van der Waals surface area contributed by atoms with E-state index in [9.17, 15) is 14.2 Å². The molecule has 1 N–H and O–H groups in total. The molecule has 0 aliphatic rings. The van der Waals surface area contributed by atoms with E-state index in [1.54, 1.807) is 20.8 Å². The molecule has 0 radical (unpaired) electrons. The van der Waals surface area contributed by atoms with Crippen LogP contribution in [0, 0.1) is 5.41 Å². The Morgan fingerprint density at radius 3 is 1.92 bits per heavy atom. The molecule has 0 saturated carbocycles. The molecule has 0 aliphatic heterocycles. The second-order valence-corrected chi connectivity index (χ2v) is 9.63. The summed E-state index contributed by atoms with van der Waals surface area (Å²) in [5.41, 5.74) is 7.11. The van der Waals surface area contributed by atoms with Gasteiger partial charge < -0.3 is 24.6 Å². The molecule has 0 bridgehead atoms. The second-order valence-electron chi connectivity index (χ2n) is 7.48. The Hall–Kier alpha value is -1.53. The number of ketones is 1. The van der Waals surface area contributed by atoms with Crippen LogP contribution in [0.3, 0.4) is 0 Å². The molecule has 1 amide bonds. The molecule has 0 aliphatic carbocycles. The van der Waals surface area contributed by atoms with Gasteiger partial charge in [0.15, 0.2) is 0 Å². The summed E-state index contributed by atoms with van der Waals surface area (Å²) in [6.45, 7) is 10.6. The average molecular weight is 377 g/mol. The second kappa shape index (κ2) is 8.72. The molecule has 0 aromatic carbocycles. The molecule has 0 saturated heterocycles. The number of Topliss-reactive ketones (excluding diaryl/α,β-unsaturated/α-hetero) is 1. The molecule has 144 valence electrons. The highest BCUT2D eigenvalue weighted by molar-refractivity contribution is 7.74. The SMILES string of the molecule is COP(=O)(OC)C(=[N+]=[N-])C(=O)C[C@@H](NC(=O)OC(C)(C)C)C(C)(C)C. The first-order valence-electron chi connectivity index (χ1n) is 7.67. The summed E-state index contributed by atoms with van der Waals surface area (Å²) in [6.07, 6.45) is -0.969. The smallest absolute Gasteiger partial charge is 0.444 e. The fraction of sp³-hybridized carbons (Fsp3) is 0.800. The van der Waals surface area contributed by atoms with Crippen molar-refractivity contribution in [2.75, 3.05) is 14.2 Å². The van der Waals surface area contributed by atoms with Crippen molar-refractivity contribution in [2.45, 2.75) is 59.6 Å². The predicted molar refractivity (Wildman–Crippen MR) is 92.5 cm³/mol. The summed E-state index contributed by atoms with van der Waals surface area (Å²) in [7, 11) is -1.87. The van der Waals surface area contributed by atoms with Crippen LogP contribution in [-0.4, -0.2) is 48.0 Å². The van der Waals surface area contributed by atoms with Crippen molar-refractivity contribution >= 4 is 24.9 Å². The van der Waals surface area contributed by atoms with Crippen LogP contribution < -0.4 is 5.32 Å². The van der Waals surface area contributed by atoms with E-state index in [1.807, 2.05) is 20.8 Å². The normalized spacial score (nSPS) is 13.6. The standard InChI is InChI=1S/C15H28N3O6P/c1-14(2,3)11(17-13(20)24-15(4,5)6)9-10(19)12(18-16)25(21,22-7)23-8/h11H,9H2,1-8H3,(H,17,20)/t11-/m1/s1. The van der Waals surface area contributed by atoms with Crippen LogP contribution in [-0.2, 0) is 23.1 Å². The van der Waals surface area contributed by atoms with Gasteiger partial charge in [-0.25, -0.2) is 9.36 Å². The summed E-state index contributed by atoms with van der Waals surface area (Å²) < 4.78 is 26.9. The minimum Gasteiger partial charge on any atom is -0.444 e. The van der Waals surface area contributed by atoms with Crippen molar-refractivity contribution in [3.8, 4) is 0 Å². The van der Waals surface area contributed by atoms with Gasteiger partial charge in [-0.15, -0.1) is 0 Å². The van der Waals surface area contributed by atoms with E-state index < -0.39 is 42.0 Å². The highest BCUT2D eigenvalue weighted by Crippen LogP contribution is 2.47. The summed E-state index contributed by atoms with van der Waals surface area (Å²) in [5.74, 6) is -0.773. The molecular formula is C15H28N3O6P. The largest absolute Gasteiger partial charge is 0.446 e. The van der Waals surface area contributed by atoms with E-state index in [0.29, 0.717) is 0 Å². The van der Waals surface area contributed by atoms with Crippen molar-refractivity contribution in [3.05, 3.63) is 5.53 Å². The van der Waals surface area contributed by atoms with Crippen LogP contribution in [0.5, 0.6) is 0 Å². The Balaban J connectivity index is 5.42. The van der Waals surface area contributed by atoms with E-state index >= 15 is 0 Å². The number of rotatable bonds is 7. The Kier molecular flexibility index (Phi) is 8.18. The number of hydrogen-bond acceptors (Lipinski definition) is 6. The van der Waals surface area contributed by atoms with Gasteiger partial charge in [0.25, 0.3) is 5.78 Å². The van der Waals surface area contributed by atoms with Gasteiger partial charge in [0.1, 0.15) is 5.60 Å². The maximum absolute atomic E-state index is 12.4. The van der Waals surface area contributed by atoms with Crippen LogP contribution in [0.1, 0.15) is 48.0 Å². The molecule has 0 rings (SSSR count). The Morgan fingerprint density at radius 2 is 1.60 bits per heavy atom. The Morgan fingerprint density at radius 1 is 1.12 bits per heavy atom. The van der Waals surface area contributed by atoms with Crippen LogP contribution in [0.4, 0.5) is 4.79 Å². The number of nitrogens with zero attached hydrogens (tertiary/aromatic N) is 2. The predicted octanol–water partition coefficient (Wildman–Crippen LogP) is 3.00. The molecule has 25 heavy (non-hydrogen) atoms. The van der Waals surface area contributed by atoms with Crippen molar-refractivity contribution in [3.63, 3.8) is 0 Å². The maximum atomic E-state index is 12.4. The average Bonchev–Trinajstić information content (AvgIpc) is 2.44. The maximum Gasteiger partial charge on any atom is 0.446 e. The van der Waals surface area contributed by atoms with Gasteiger partial charge in [0.05, 0.1) is 0 Å². The Bertz CT molecular complexity index is 591. The molecule has 0 fully saturated rings. The van der Waals surface area contributed by atoms with E-state index in [-0.39, 0.29) is 6.42 Å². The first-order valence-corrected chi connectivity index (χ1v) is 9.21. The first kappa shape index (κ1) is 23.5. The fourth-order valence-corrected chi connectivity index (χ4v) is 2.81. The van der Waals surface area contributed by atoms with Crippen LogP contribution >= 0.6 is 7.60 Å². The first-order chi connectivity index (χ1) is 11.2. The van der Waals surface area contributed by atoms with Gasteiger partial charge in [-0.05, 0) is 26.2 Å². The molecule has 0 spiro atoms. The topological polar surface area (TPSA) is 127 Å². The number of carbonyl (C=O) groups is 2. The molecule has 9 nitrogen and oxygen atoms in total. The number of carbonyl (C=O) groups excluding carboxylic acids is 2. The minimum atomic E-state index is -4.02. The molecule has 0 aromatic heterocycles. The quantitative estimate of drug-likeness (QED) is 0.314. The summed E-state index contributed by atoms with van der Waals surface area (Å²) >= 11 is 0. The van der Waals surface area contributed by atoms with E-state index in [0.717, 1.165) is 14.2 Å². The van der Waals surface area contributed by atoms with Gasteiger partial charge in [0, 0.05) is 26.7 Å². The lowest BCUT2D eigenvalue weighted by molar-refractivity contribution is -0.117. The van der Waals surface area contributed by atoms with E-state index in [4.69, 9.17) is 10.3 Å². The number of alkyl carbamates (subject to hydrolysis) is 1. The lowest BCUT2D eigenvalue weighted by Crippen LogP contribution is -2.47. The molecule has 0 heterocycles. The lowest BCUT2D eigenvalue weighted by atomic mass is 9.84. The zero-order chi connectivity index (χ0) is 20.1. The minimum absolute atomic E-state index is 0.279. The molecular weight excluding hydrogens is 349 g/mol. The van der Waals surface area contributed by atoms with Gasteiger partial charge in [-0.1, -0.05) is 20.8 Å². The third-order valence-corrected chi connectivity index (χ3v) is 5.03. The molecule has 0 unspecified atom stereocenters. The van der Waals surface area contributed by atoms with Crippen molar-refractivity contribution in [1.29, 1.82) is 0 Å². The molecule has 1 atom stereocenters. The van der Waals surface area contributed by atoms with Gasteiger partial charge in [-0.3, -0.25) is 4.79 Å². The number of ether oxygens (including phenoxy) is 1. The fourth-order valence-electron chi connectivity index (χ4n) is 1.81. The number of hydrogen-bond donors (Lipinski definition) is 1. The van der Waals surface area contributed by atoms with Crippen molar-refractivity contribution in [2.24, 2.45) is 5.41 Å². The third kappa shape index (κ3) is 7.48. The number of nitrogens with one attached hydrogen (secondary N) is 1. The summed E-state index contributed by atoms with van der Waals surface area (Å²) in [6, 6.07) is -0.672.